The maximum atomic E-state index is 12.0. The first-order valence-corrected chi connectivity index (χ1v) is 6.97. The number of Topliss-reactive ketones (excluding diaryl/α,β-unsaturated/α-hetero) is 1. The van der Waals surface area contributed by atoms with E-state index in [1.807, 2.05) is 18.2 Å². The number of halogens is 1. The molecule has 1 heterocycles. The maximum Gasteiger partial charge on any atom is 0.173 e. The summed E-state index contributed by atoms with van der Waals surface area (Å²) in [5.41, 5.74) is 0.578. The van der Waals surface area contributed by atoms with Gasteiger partial charge >= 0.3 is 0 Å². The van der Waals surface area contributed by atoms with Crippen LogP contribution in [-0.2, 0) is 0 Å². The van der Waals surface area contributed by atoms with E-state index in [-0.39, 0.29) is 5.78 Å². The van der Waals surface area contributed by atoms with Crippen molar-refractivity contribution in [2.75, 3.05) is 12.9 Å². The first kappa shape index (κ1) is 13.9. The van der Waals surface area contributed by atoms with Gasteiger partial charge in [-0.1, -0.05) is 29.4 Å². The average Bonchev–Trinajstić information content (AvgIpc) is 2.45. The molecule has 0 atom stereocenters. The van der Waals surface area contributed by atoms with E-state index in [0.29, 0.717) is 22.1 Å². The summed E-state index contributed by atoms with van der Waals surface area (Å²) in [5, 5.41) is 1.27. The van der Waals surface area contributed by atoms with E-state index in [4.69, 9.17) is 16.3 Å². The largest absolute Gasteiger partial charge is 0.495 e. The summed E-state index contributed by atoms with van der Waals surface area (Å²) in [7, 11) is 1.54. The van der Waals surface area contributed by atoms with E-state index >= 15 is 0 Å². The van der Waals surface area contributed by atoms with Gasteiger partial charge in [-0.3, -0.25) is 4.79 Å². The van der Waals surface area contributed by atoms with Crippen LogP contribution in [0.15, 0.2) is 47.6 Å². The van der Waals surface area contributed by atoms with Crippen LogP contribution in [0, 0.1) is 0 Å². The van der Waals surface area contributed by atoms with E-state index in [1.54, 1.807) is 31.5 Å². The van der Waals surface area contributed by atoms with Gasteiger partial charge in [0.1, 0.15) is 5.75 Å². The maximum absolute atomic E-state index is 12.0. The van der Waals surface area contributed by atoms with Crippen LogP contribution < -0.4 is 4.74 Å². The smallest absolute Gasteiger partial charge is 0.173 e. The summed E-state index contributed by atoms with van der Waals surface area (Å²) in [6, 6.07) is 10.6. The molecule has 2 rings (SSSR count). The Morgan fingerprint density at radius 1 is 1.37 bits per heavy atom. The van der Waals surface area contributed by atoms with Crippen molar-refractivity contribution < 1.29 is 9.53 Å². The van der Waals surface area contributed by atoms with Crippen molar-refractivity contribution in [2.24, 2.45) is 0 Å². The summed E-state index contributed by atoms with van der Waals surface area (Å²) in [4.78, 5) is 16.2. The topological polar surface area (TPSA) is 39.2 Å². The number of ether oxygens (including phenoxy) is 1. The molecule has 0 saturated heterocycles. The predicted octanol–water partition coefficient (Wildman–Crippen LogP) is 3.72. The lowest BCUT2D eigenvalue weighted by Crippen LogP contribution is -2.02. The number of pyridine rings is 1. The Morgan fingerprint density at radius 3 is 2.84 bits per heavy atom. The molecule has 3 nitrogen and oxygen atoms in total. The Balaban J connectivity index is 2.02. The van der Waals surface area contributed by atoms with Crippen molar-refractivity contribution in [3.63, 3.8) is 0 Å². The fourth-order valence-corrected chi connectivity index (χ4v) is 2.51. The van der Waals surface area contributed by atoms with Crippen molar-refractivity contribution in [2.45, 2.75) is 5.03 Å². The first-order chi connectivity index (χ1) is 9.20. The zero-order valence-electron chi connectivity index (χ0n) is 10.3. The standard InChI is InChI=1S/C14H12ClNO2S/c1-18-13-6-5-10(8-11(13)15)12(17)9-19-14-4-2-3-7-16-14/h2-8H,9H2,1H3. The van der Waals surface area contributed by atoms with Gasteiger partial charge in [-0.15, -0.1) is 0 Å². The van der Waals surface area contributed by atoms with Crippen LogP contribution in [0.1, 0.15) is 10.4 Å². The predicted molar refractivity (Wildman–Crippen MR) is 77.3 cm³/mol. The minimum atomic E-state index is 0.0141. The Hall–Kier alpha value is -1.52. The third kappa shape index (κ3) is 3.72. The number of nitrogens with zero attached hydrogens (tertiary/aromatic N) is 1. The van der Waals surface area contributed by atoms with Gasteiger partial charge in [0.25, 0.3) is 0 Å². The molecule has 0 spiro atoms. The number of rotatable bonds is 5. The lowest BCUT2D eigenvalue weighted by molar-refractivity contribution is 0.102. The molecule has 0 N–H and O–H groups in total. The first-order valence-electron chi connectivity index (χ1n) is 5.61. The van der Waals surface area contributed by atoms with E-state index in [0.717, 1.165) is 5.03 Å². The van der Waals surface area contributed by atoms with Gasteiger partial charge < -0.3 is 4.74 Å². The van der Waals surface area contributed by atoms with E-state index in [9.17, 15) is 4.79 Å². The molecule has 0 aliphatic carbocycles. The van der Waals surface area contributed by atoms with Crippen molar-refractivity contribution in [3.05, 3.63) is 53.2 Å². The fraction of sp³-hybridized carbons (Fsp3) is 0.143. The number of aromatic nitrogens is 1. The van der Waals surface area contributed by atoms with Crippen LogP contribution >= 0.6 is 23.4 Å². The molecule has 0 amide bonds. The van der Waals surface area contributed by atoms with E-state index in [2.05, 4.69) is 4.98 Å². The van der Waals surface area contributed by atoms with Crippen molar-refractivity contribution in [3.8, 4) is 5.75 Å². The molecule has 0 fully saturated rings. The second-order valence-corrected chi connectivity index (χ2v) is 5.13. The molecule has 5 heteroatoms. The summed E-state index contributed by atoms with van der Waals surface area (Å²) >= 11 is 7.40. The van der Waals surface area contributed by atoms with Gasteiger partial charge in [0, 0.05) is 11.8 Å². The lowest BCUT2D eigenvalue weighted by atomic mass is 10.1. The van der Waals surface area contributed by atoms with Crippen molar-refractivity contribution in [1.82, 2.24) is 4.98 Å². The van der Waals surface area contributed by atoms with Crippen LogP contribution in [0.5, 0.6) is 5.75 Å². The molecule has 1 aromatic heterocycles. The number of methoxy groups -OCH3 is 1. The molecule has 0 aliphatic heterocycles. The molecular weight excluding hydrogens is 282 g/mol. The quantitative estimate of drug-likeness (QED) is 0.622. The Kier molecular flexibility index (Phi) is 4.82. The molecule has 1 aromatic carbocycles. The van der Waals surface area contributed by atoms with Gasteiger partial charge in [-0.25, -0.2) is 4.98 Å². The molecule has 98 valence electrons. The zero-order chi connectivity index (χ0) is 13.7. The summed E-state index contributed by atoms with van der Waals surface area (Å²) in [6.45, 7) is 0. The fourth-order valence-electron chi connectivity index (χ4n) is 1.50. The van der Waals surface area contributed by atoms with Gasteiger partial charge in [-0.2, -0.15) is 0 Å². The average molecular weight is 294 g/mol. The summed E-state index contributed by atoms with van der Waals surface area (Å²) < 4.78 is 5.05. The van der Waals surface area contributed by atoms with Gasteiger partial charge in [-0.05, 0) is 30.3 Å². The van der Waals surface area contributed by atoms with Gasteiger partial charge in [0.2, 0.25) is 0 Å². The van der Waals surface area contributed by atoms with Crippen molar-refractivity contribution in [1.29, 1.82) is 0 Å². The number of hydrogen-bond acceptors (Lipinski definition) is 4. The summed E-state index contributed by atoms with van der Waals surface area (Å²) in [6.07, 6.45) is 1.71. The molecule has 2 aromatic rings. The molecule has 0 unspecified atom stereocenters. The number of ketones is 1. The minimum absolute atomic E-state index is 0.0141. The molecular formula is C14H12ClNO2S. The van der Waals surface area contributed by atoms with Crippen LogP contribution in [0.2, 0.25) is 5.02 Å². The number of carbonyl (C=O) groups excluding carboxylic acids is 1. The highest BCUT2D eigenvalue weighted by atomic mass is 35.5. The lowest BCUT2D eigenvalue weighted by Gasteiger charge is -2.05. The highest BCUT2D eigenvalue weighted by Gasteiger charge is 2.10. The second-order valence-electron chi connectivity index (χ2n) is 3.73. The molecule has 0 saturated carbocycles. The van der Waals surface area contributed by atoms with Crippen LogP contribution in [0.4, 0.5) is 0 Å². The highest BCUT2D eigenvalue weighted by Crippen LogP contribution is 2.26. The highest BCUT2D eigenvalue weighted by molar-refractivity contribution is 7.99. The minimum Gasteiger partial charge on any atom is -0.495 e. The second kappa shape index (κ2) is 6.59. The molecule has 0 aliphatic rings. The number of benzene rings is 1. The normalized spacial score (nSPS) is 10.2. The van der Waals surface area contributed by atoms with Crippen molar-refractivity contribution >= 4 is 29.1 Å². The third-order valence-electron chi connectivity index (χ3n) is 2.46. The Bertz CT molecular complexity index is 575. The third-order valence-corrected chi connectivity index (χ3v) is 3.70. The molecule has 19 heavy (non-hydrogen) atoms. The van der Waals surface area contributed by atoms with Crippen LogP contribution in [-0.4, -0.2) is 23.6 Å². The molecule has 0 radical (unpaired) electrons. The van der Waals surface area contributed by atoms with E-state index in [1.165, 1.54) is 11.8 Å². The SMILES string of the molecule is COc1ccc(C(=O)CSc2ccccn2)cc1Cl. The molecule has 0 bridgehead atoms. The summed E-state index contributed by atoms with van der Waals surface area (Å²) in [5.74, 6) is 0.912. The number of carbonyl (C=O) groups is 1. The van der Waals surface area contributed by atoms with Crippen LogP contribution in [0.3, 0.4) is 0 Å². The van der Waals surface area contributed by atoms with E-state index < -0.39 is 0 Å². The monoisotopic (exact) mass is 293 g/mol. The van der Waals surface area contributed by atoms with Crippen LogP contribution in [0.25, 0.3) is 0 Å². The van der Waals surface area contributed by atoms with Gasteiger partial charge in [0.05, 0.1) is 22.9 Å². The number of hydrogen-bond donors (Lipinski definition) is 0. The Morgan fingerprint density at radius 2 is 2.21 bits per heavy atom. The number of thioether (sulfide) groups is 1. The zero-order valence-corrected chi connectivity index (χ0v) is 11.9. The van der Waals surface area contributed by atoms with Gasteiger partial charge in [0.15, 0.2) is 5.78 Å². The Labute approximate surface area is 121 Å².